The lowest BCUT2D eigenvalue weighted by Gasteiger charge is -2.12. The van der Waals surface area contributed by atoms with E-state index in [2.05, 4.69) is 15.5 Å². The minimum atomic E-state index is -0.305. The first-order valence-electron chi connectivity index (χ1n) is 6.89. The third-order valence-electron chi connectivity index (χ3n) is 2.54. The van der Waals surface area contributed by atoms with Gasteiger partial charge >= 0.3 is 5.97 Å². The molecule has 1 atom stereocenters. The van der Waals surface area contributed by atoms with Gasteiger partial charge in [-0.2, -0.15) is 0 Å². The summed E-state index contributed by atoms with van der Waals surface area (Å²) >= 11 is 2.65. The number of nitrogens with one attached hydrogen (secondary N) is 1. The van der Waals surface area contributed by atoms with Crippen molar-refractivity contribution in [1.82, 2.24) is 10.2 Å². The van der Waals surface area contributed by atoms with Crippen LogP contribution in [0.2, 0.25) is 0 Å². The normalized spacial score (nSPS) is 12.2. The zero-order chi connectivity index (χ0) is 15.8. The van der Waals surface area contributed by atoms with Gasteiger partial charge in [-0.1, -0.05) is 32.1 Å². The summed E-state index contributed by atoms with van der Waals surface area (Å²) in [5, 5.41) is 11.8. The average molecular weight is 331 g/mol. The van der Waals surface area contributed by atoms with Crippen LogP contribution in [0, 0.1) is 0 Å². The largest absolute Gasteiger partial charge is 0.465 e. The molecule has 0 radical (unpaired) electrons. The highest BCUT2D eigenvalue weighted by atomic mass is 32.2. The van der Waals surface area contributed by atoms with E-state index in [1.165, 1.54) is 23.1 Å². The van der Waals surface area contributed by atoms with Crippen LogP contribution in [0.3, 0.4) is 0 Å². The molecule has 1 N–H and O–H groups in total. The molecule has 0 unspecified atom stereocenters. The smallest absolute Gasteiger partial charge is 0.315 e. The summed E-state index contributed by atoms with van der Waals surface area (Å²) in [7, 11) is 0. The summed E-state index contributed by atoms with van der Waals surface area (Å²) in [6.45, 7) is 8.06. The standard InChI is InChI=1S/C13H21N3O3S2/c1-5-9(20-7-10(17)19-6-2)11(18)14-13-16-15-12(21-13)8(3)4/h8-9H,5-7H2,1-4H3,(H,14,16,18)/t9-/m1/s1. The molecule has 1 aromatic heterocycles. The Morgan fingerprint density at radius 3 is 2.57 bits per heavy atom. The van der Waals surface area contributed by atoms with Gasteiger partial charge in [0.15, 0.2) is 0 Å². The second-order valence-electron chi connectivity index (χ2n) is 4.60. The van der Waals surface area contributed by atoms with E-state index in [9.17, 15) is 9.59 Å². The highest BCUT2D eigenvalue weighted by molar-refractivity contribution is 8.01. The van der Waals surface area contributed by atoms with Crippen LogP contribution in [0.1, 0.15) is 45.0 Å². The molecule has 0 aliphatic carbocycles. The van der Waals surface area contributed by atoms with Gasteiger partial charge in [0.2, 0.25) is 11.0 Å². The number of nitrogens with zero attached hydrogens (tertiary/aromatic N) is 2. The molecule has 21 heavy (non-hydrogen) atoms. The fraction of sp³-hybridized carbons (Fsp3) is 0.692. The van der Waals surface area contributed by atoms with Gasteiger partial charge in [-0.3, -0.25) is 14.9 Å². The molecule has 0 aliphatic rings. The minimum absolute atomic E-state index is 0.154. The van der Waals surface area contributed by atoms with Gasteiger partial charge in [-0.25, -0.2) is 0 Å². The zero-order valence-corrected chi connectivity index (χ0v) is 14.3. The van der Waals surface area contributed by atoms with Gasteiger partial charge in [-0.05, 0) is 13.3 Å². The SMILES string of the molecule is CCOC(=O)CS[C@H](CC)C(=O)Nc1nnc(C(C)C)s1. The number of anilines is 1. The number of aromatic nitrogens is 2. The van der Waals surface area contributed by atoms with Gasteiger partial charge < -0.3 is 4.74 Å². The molecular formula is C13H21N3O3S2. The maximum absolute atomic E-state index is 12.1. The van der Waals surface area contributed by atoms with E-state index in [-0.39, 0.29) is 28.8 Å². The third-order valence-corrected chi connectivity index (χ3v) is 5.03. The van der Waals surface area contributed by atoms with Crippen molar-refractivity contribution in [2.75, 3.05) is 17.7 Å². The molecule has 0 aromatic carbocycles. The van der Waals surface area contributed by atoms with Crippen molar-refractivity contribution >= 4 is 40.1 Å². The fourth-order valence-electron chi connectivity index (χ4n) is 1.45. The van der Waals surface area contributed by atoms with E-state index in [1.807, 2.05) is 20.8 Å². The molecule has 1 amide bonds. The lowest BCUT2D eigenvalue weighted by molar-refractivity contribution is -0.139. The number of thioether (sulfide) groups is 1. The fourth-order valence-corrected chi connectivity index (χ4v) is 3.07. The number of ether oxygens (including phenoxy) is 1. The number of carbonyl (C=O) groups excluding carboxylic acids is 2. The molecule has 0 fully saturated rings. The molecule has 0 saturated carbocycles. The van der Waals surface area contributed by atoms with Crippen LogP contribution >= 0.6 is 23.1 Å². The Balaban J connectivity index is 2.52. The predicted octanol–water partition coefficient (Wildman–Crippen LogP) is 2.67. The highest BCUT2D eigenvalue weighted by Crippen LogP contribution is 2.24. The maximum Gasteiger partial charge on any atom is 0.315 e. The van der Waals surface area contributed by atoms with Crippen molar-refractivity contribution in [2.45, 2.75) is 45.3 Å². The molecule has 6 nitrogen and oxygen atoms in total. The van der Waals surface area contributed by atoms with E-state index in [0.29, 0.717) is 18.2 Å². The van der Waals surface area contributed by atoms with E-state index >= 15 is 0 Å². The summed E-state index contributed by atoms with van der Waals surface area (Å²) in [6.07, 6.45) is 0.631. The average Bonchev–Trinajstić information content (AvgIpc) is 2.88. The number of carbonyl (C=O) groups is 2. The second kappa shape index (κ2) is 8.99. The lowest BCUT2D eigenvalue weighted by Crippen LogP contribution is -2.26. The molecule has 0 spiro atoms. The Labute approximate surface area is 133 Å². The first-order chi connectivity index (χ1) is 9.97. The Morgan fingerprint density at radius 2 is 2.05 bits per heavy atom. The van der Waals surface area contributed by atoms with Gasteiger partial charge in [0.05, 0.1) is 17.6 Å². The van der Waals surface area contributed by atoms with Gasteiger partial charge in [0, 0.05) is 5.92 Å². The van der Waals surface area contributed by atoms with Crippen LogP contribution in [0.4, 0.5) is 5.13 Å². The van der Waals surface area contributed by atoms with Crippen molar-refractivity contribution < 1.29 is 14.3 Å². The molecule has 8 heteroatoms. The predicted molar refractivity (Wildman–Crippen MR) is 85.8 cm³/mol. The molecular weight excluding hydrogens is 310 g/mol. The first kappa shape index (κ1) is 17.9. The molecule has 1 aromatic rings. The summed E-state index contributed by atoms with van der Waals surface area (Å²) in [5.41, 5.74) is 0. The Hall–Kier alpha value is -1.15. The van der Waals surface area contributed by atoms with E-state index in [1.54, 1.807) is 6.92 Å². The van der Waals surface area contributed by atoms with E-state index < -0.39 is 0 Å². The van der Waals surface area contributed by atoms with Gasteiger partial charge in [0.1, 0.15) is 5.01 Å². The van der Waals surface area contributed by atoms with Crippen LogP contribution in [0.25, 0.3) is 0 Å². The molecule has 1 rings (SSSR count). The van der Waals surface area contributed by atoms with Crippen LogP contribution in [0.15, 0.2) is 0 Å². The van der Waals surface area contributed by atoms with Gasteiger partial charge in [-0.15, -0.1) is 22.0 Å². The zero-order valence-electron chi connectivity index (χ0n) is 12.7. The minimum Gasteiger partial charge on any atom is -0.465 e. The topological polar surface area (TPSA) is 81.2 Å². The second-order valence-corrected chi connectivity index (χ2v) is 6.80. The maximum atomic E-state index is 12.1. The molecule has 0 bridgehead atoms. The summed E-state index contributed by atoms with van der Waals surface area (Å²) in [6, 6.07) is 0. The first-order valence-corrected chi connectivity index (χ1v) is 8.75. The van der Waals surface area contributed by atoms with Crippen LogP contribution in [0.5, 0.6) is 0 Å². The monoisotopic (exact) mass is 331 g/mol. The summed E-state index contributed by atoms with van der Waals surface area (Å²) in [5.74, 6) is 0.00552. The van der Waals surface area contributed by atoms with Crippen LogP contribution in [-0.4, -0.2) is 39.7 Å². The summed E-state index contributed by atoms with van der Waals surface area (Å²) < 4.78 is 4.85. The number of amides is 1. The number of hydrogen-bond donors (Lipinski definition) is 1. The van der Waals surface area contributed by atoms with Crippen molar-refractivity contribution in [3.8, 4) is 0 Å². The van der Waals surface area contributed by atoms with E-state index in [4.69, 9.17) is 4.74 Å². The van der Waals surface area contributed by atoms with E-state index in [0.717, 1.165) is 5.01 Å². The lowest BCUT2D eigenvalue weighted by atomic mass is 10.2. The highest BCUT2D eigenvalue weighted by Gasteiger charge is 2.20. The number of rotatable bonds is 8. The number of esters is 1. The van der Waals surface area contributed by atoms with Crippen molar-refractivity contribution in [2.24, 2.45) is 0 Å². The van der Waals surface area contributed by atoms with Gasteiger partial charge in [0.25, 0.3) is 0 Å². The summed E-state index contributed by atoms with van der Waals surface area (Å²) in [4.78, 5) is 23.5. The van der Waals surface area contributed by atoms with Crippen molar-refractivity contribution in [3.05, 3.63) is 5.01 Å². The van der Waals surface area contributed by atoms with Crippen LogP contribution < -0.4 is 5.32 Å². The molecule has 118 valence electrons. The molecule has 0 saturated heterocycles. The Kier molecular flexibility index (Phi) is 7.66. The number of hydrogen-bond acceptors (Lipinski definition) is 7. The quantitative estimate of drug-likeness (QED) is 0.738. The molecule has 1 heterocycles. The Bertz CT molecular complexity index is 477. The molecule has 0 aliphatic heterocycles. The van der Waals surface area contributed by atoms with Crippen molar-refractivity contribution in [3.63, 3.8) is 0 Å². The Morgan fingerprint density at radius 1 is 1.33 bits per heavy atom. The van der Waals surface area contributed by atoms with Crippen LogP contribution in [-0.2, 0) is 14.3 Å². The van der Waals surface area contributed by atoms with Crippen molar-refractivity contribution in [1.29, 1.82) is 0 Å². The third kappa shape index (κ3) is 6.01.